The number of hydrogen-bond donors (Lipinski definition) is 0. The van der Waals surface area contributed by atoms with Crippen molar-refractivity contribution in [1.29, 1.82) is 0 Å². The Bertz CT molecular complexity index is 2750. The summed E-state index contributed by atoms with van der Waals surface area (Å²) in [6, 6.07) is 81.9. The summed E-state index contributed by atoms with van der Waals surface area (Å²) in [5.74, 6) is 1.34. The van der Waals surface area contributed by atoms with Crippen LogP contribution in [0.4, 0.5) is 0 Å². The minimum absolute atomic E-state index is 0.277. The molecule has 0 aromatic heterocycles. The molecule has 0 bridgehead atoms. The first-order chi connectivity index (χ1) is 40.7. The maximum atomic E-state index is 7.27. The first-order valence-electron chi connectivity index (χ1n) is 28.4. The number of thioether (sulfide) groups is 2. The molecule has 0 N–H and O–H groups in total. The van der Waals surface area contributed by atoms with Crippen LogP contribution in [0.5, 0.6) is 0 Å². The van der Waals surface area contributed by atoms with Gasteiger partial charge in [0.2, 0.25) is 0 Å². The number of benzene rings is 8. The van der Waals surface area contributed by atoms with Gasteiger partial charge in [-0.2, -0.15) is 0 Å². The van der Waals surface area contributed by atoms with Gasteiger partial charge >= 0.3 is 0 Å². The summed E-state index contributed by atoms with van der Waals surface area (Å²) in [5, 5.41) is 0. The second kappa shape index (κ2) is 32.8. The van der Waals surface area contributed by atoms with Gasteiger partial charge in [0.25, 0.3) is 0 Å². The largest absolute Gasteiger partial charge is 0.374 e. The molecule has 82 heavy (non-hydrogen) atoms. The molecule has 0 aliphatic carbocycles. The Labute approximate surface area is 492 Å². The Hall–Kier alpha value is -5.94. The molecule has 0 spiro atoms. The van der Waals surface area contributed by atoms with E-state index in [1.807, 2.05) is 146 Å². The molecule has 10 rings (SSSR count). The van der Waals surface area contributed by atoms with Gasteiger partial charge in [0.05, 0.1) is 66.1 Å². The molecule has 12 heteroatoms. The van der Waals surface area contributed by atoms with E-state index in [1.54, 1.807) is 23.5 Å². The molecule has 2 fully saturated rings. The first-order valence-corrected chi connectivity index (χ1v) is 30.5. The maximum Gasteiger partial charge on any atom is 0.132 e. The fourth-order valence-electron chi connectivity index (χ4n) is 10.1. The highest BCUT2D eigenvalue weighted by molar-refractivity contribution is 8.03. The fraction of sp³-hybridized carbons (Fsp3) is 0.314. The molecule has 0 radical (unpaired) electrons. The van der Waals surface area contributed by atoms with E-state index in [1.165, 1.54) is 0 Å². The molecule has 2 heterocycles. The number of rotatable bonds is 31. The second-order valence-electron chi connectivity index (χ2n) is 20.4. The standard InChI is InChI=1S/C70H74O10S2/c1-9-25-53(26-10-1)43-71-51-61-63(73-45-55-29-13-3-14-30-55)65(75-47-57-33-17-5-18-34-57)67(77-49-59-37-21-7-22-38-59)69(79-61)81-41-42-82-70-68(78-50-60-39-23-8-24-40-60)66(76-48-58-35-19-6-20-36-58)64(74-46-56-31-15-4-16-32-56)62(80-70)52-72-44-54-27-11-2-12-28-54/h1-40,61-70H,41-52H2/t61-,62-,63-,64-,65+,66+,67-,68-,69+,70+/m1/s1. The van der Waals surface area contributed by atoms with Crippen LogP contribution in [0.2, 0.25) is 0 Å². The van der Waals surface area contributed by atoms with Gasteiger partial charge in [0, 0.05) is 11.5 Å². The first kappa shape index (κ1) is 59.2. The molecule has 2 aliphatic rings. The van der Waals surface area contributed by atoms with Crippen LogP contribution < -0.4 is 0 Å². The van der Waals surface area contributed by atoms with Crippen molar-refractivity contribution in [3.63, 3.8) is 0 Å². The third-order valence-electron chi connectivity index (χ3n) is 14.3. The SMILES string of the molecule is c1ccc(COC[C@H]2O[C@@H](SCCS[C@@H]3O[C@H](COCc4ccccc4)[C@@H](OCc4ccccc4)[C@H](OCc4ccccc4)[C@H]3OCc3ccccc3)[C@H](OCc3ccccc3)[C@@H](OCc3ccccc3)[C@@H]2OCc2ccccc2)cc1. The number of ether oxygens (including phenoxy) is 10. The number of hydrogen-bond acceptors (Lipinski definition) is 12. The summed E-state index contributed by atoms with van der Waals surface area (Å²) < 4.78 is 69.9. The molecule has 0 saturated carbocycles. The molecular formula is C70H74O10S2. The second-order valence-corrected chi connectivity index (χ2v) is 22.8. The van der Waals surface area contributed by atoms with Crippen LogP contribution in [-0.2, 0) is 100 Å². The van der Waals surface area contributed by atoms with Crippen molar-refractivity contribution in [3.8, 4) is 0 Å². The van der Waals surface area contributed by atoms with Crippen molar-refractivity contribution in [2.45, 2.75) is 113 Å². The van der Waals surface area contributed by atoms with Gasteiger partial charge in [-0.25, -0.2) is 0 Å². The highest BCUT2D eigenvalue weighted by Gasteiger charge is 2.50. The van der Waals surface area contributed by atoms with Crippen molar-refractivity contribution in [3.05, 3.63) is 287 Å². The van der Waals surface area contributed by atoms with E-state index in [0.717, 1.165) is 44.5 Å². The summed E-state index contributed by atoms with van der Waals surface area (Å²) in [5.41, 5.74) is 7.50. The predicted octanol–water partition coefficient (Wildman–Crippen LogP) is 13.8. The third-order valence-corrected chi connectivity index (χ3v) is 16.9. The fourth-order valence-corrected chi connectivity index (χ4v) is 12.6. The predicted molar refractivity (Wildman–Crippen MR) is 325 cm³/mol. The summed E-state index contributed by atoms with van der Waals surface area (Å²) >= 11 is 3.41. The van der Waals surface area contributed by atoms with E-state index < -0.39 is 59.7 Å². The van der Waals surface area contributed by atoms with Gasteiger partial charge in [-0.1, -0.05) is 243 Å². The maximum absolute atomic E-state index is 7.27. The van der Waals surface area contributed by atoms with Gasteiger partial charge in [0.15, 0.2) is 0 Å². The van der Waals surface area contributed by atoms with E-state index in [0.29, 0.717) is 64.4 Å². The normalized spacial score (nSPS) is 22.6. The molecule has 10 atom stereocenters. The average molecular weight is 1140 g/mol. The van der Waals surface area contributed by atoms with E-state index in [4.69, 9.17) is 47.4 Å². The van der Waals surface area contributed by atoms with Crippen LogP contribution >= 0.6 is 23.5 Å². The molecule has 0 unspecified atom stereocenters. The van der Waals surface area contributed by atoms with Crippen LogP contribution in [0, 0.1) is 0 Å². The lowest BCUT2D eigenvalue weighted by molar-refractivity contribution is -0.254. The molecule has 426 valence electrons. The Morgan fingerprint density at radius 1 is 0.244 bits per heavy atom. The lowest BCUT2D eigenvalue weighted by Gasteiger charge is -2.46. The molecular weight excluding hydrogens is 1060 g/mol. The molecule has 2 saturated heterocycles. The topological polar surface area (TPSA) is 92.3 Å². The van der Waals surface area contributed by atoms with Crippen LogP contribution in [0.25, 0.3) is 0 Å². The van der Waals surface area contributed by atoms with Crippen molar-refractivity contribution in [1.82, 2.24) is 0 Å². The van der Waals surface area contributed by atoms with E-state index in [-0.39, 0.29) is 13.2 Å². The zero-order valence-electron chi connectivity index (χ0n) is 46.3. The van der Waals surface area contributed by atoms with Gasteiger partial charge in [0.1, 0.15) is 59.7 Å². The van der Waals surface area contributed by atoms with Gasteiger partial charge in [-0.05, 0) is 44.5 Å². The zero-order valence-corrected chi connectivity index (χ0v) is 47.9. The van der Waals surface area contributed by atoms with Gasteiger partial charge < -0.3 is 47.4 Å². The smallest absolute Gasteiger partial charge is 0.132 e. The Morgan fingerprint density at radius 3 is 0.695 bits per heavy atom. The summed E-state index contributed by atoms with van der Waals surface area (Å²) in [4.78, 5) is 0. The summed E-state index contributed by atoms with van der Waals surface area (Å²) in [6.45, 7) is 3.54. The average Bonchev–Trinajstić information content (AvgIpc) is 3.62. The highest BCUT2D eigenvalue weighted by Crippen LogP contribution is 2.39. The molecule has 8 aromatic carbocycles. The van der Waals surface area contributed by atoms with Crippen molar-refractivity contribution in [2.24, 2.45) is 0 Å². The van der Waals surface area contributed by atoms with E-state index >= 15 is 0 Å². The van der Waals surface area contributed by atoms with Gasteiger partial charge in [-0.15, -0.1) is 23.5 Å². The van der Waals surface area contributed by atoms with E-state index in [9.17, 15) is 0 Å². The molecule has 0 amide bonds. The third kappa shape index (κ3) is 18.3. The van der Waals surface area contributed by atoms with Crippen molar-refractivity contribution >= 4 is 23.5 Å². The highest BCUT2D eigenvalue weighted by atomic mass is 32.2. The Morgan fingerprint density at radius 2 is 0.451 bits per heavy atom. The minimum Gasteiger partial charge on any atom is -0.374 e. The summed E-state index contributed by atoms with van der Waals surface area (Å²) in [7, 11) is 0. The molecule has 2 aliphatic heterocycles. The monoisotopic (exact) mass is 1140 g/mol. The lowest BCUT2D eigenvalue weighted by Crippen LogP contribution is -2.60. The van der Waals surface area contributed by atoms with Crippen LogP contribution in [0.15, 0.2) is 243 Å². The van der Waals surface area contributed by atoms with Crippen LogP contribution in [0.3, 0.4) is 0 Å². The zero-order chi connectivity index (χ0) is 55.6. The quantitative estimate of drug-likeness (QED) is 0.0388. The van der Waals surface area contributed by atoms with Crippen LogP contribution in [0.1, 0.15) is 44.5 Å². The lowest BCUT2D eigenvalue weighted by atomic mass is 9.98. The van der Waals surface area contributed by atoms with Crippen molar-refractivity contribution in [2.75, 3.05) is 24.7 Å². The Kier molecular flexibility index (Phi) is 23.7. The van der Waals surface area contributed by atoms with Crippen molar-refractivity contribution < 1.29 is 47.4 Å². The molecule has 10 nitrogen and oxygen atoms in total. The summed E-state index contributed by atoms with van der Waals surface area (Å²) in [6.07, 6.45) is -4.25. The Balaban J connectivity index is 0.933. The van der Waals surface area contributed by atoms with E-state index in [2.05, 4.69) is 97.1 Å². The van der Waals surface area contributed by atoms with Gasteiger partial charge in [-0.3, -0.25) is 0 Å². The van der Waals surface area contributed by atoms with Crippen LogP contribution in [-0.4, -0.2) is 84.4 Å². The molecule has 8 aromatic rings. The minimum atomic E-state index is -0.546.